The molecule has 0 spiro atoms. The Morgan fingerprint density at radius 3 is 2.03 bits per heavy atom. The van der Waals surface area contributed by atoms with Gasteiger partial charge in [0.15, 0.2) is 0 Å². The Balaban J connectivity index is 1.66. The van der Waals surface area contributed by atoms with Crippen LogP contribution in [0.15, 0.2) is 112 Å². The van der Waals surface area contributed by atoms with E-state index in [0.29, 0.717) is 16.7 Å². The minimum absolute atomic E-state index is 0.0586. The van der Waals surface area contributed by atoms with Gasteiger partial charge in [0, 0.05) is 15.2 Å². The van der Waals surface area contributed by atoms with Crippen LogP contribution in [0.3, 0.4) is 0 Å². The molecule has 0 aliphatic heterocycles. The topological polar surface area (TPSA) is 13.1 Å². The summed E-state index contributed by atoms with van der Waals surface area (Å²) < 4.78 is 65.5. The molecule has 6 rings (SSSR count). The lowest BCUT2D eigenvalue weighted by Crippen LogP contribution is -1.81. The zero-order chi connectivity index (χ0) is 26.2. The van der Waals surface area contributed by atoms with Crippen molar-refractivity contribution in [1.29, 1.82) is 0 Å². The number of furan rings is 1. The van der Waals surface area contributed by atoms with Gasteiger partial charge in [0.1, 0.15) is 11.2 Å². The highest BCUT2D eigenvalue weighted by Gasteiger charge is 2.11. The Morgan fingerprint density at radius 2 is 1.23 bits per heavy atom. The quantitative estimate of drug-likeness (QED) is 0.254. The van der Waals surface area contributed by atoms with Crippen molar-refractivity contribution in [3.05, 3.63) is 107 Å². The van der Waals surface area contributed by atoms with E-state index in [-0.39, 0.29) is 46.5 Å². The van der Waals surface area contributed by atoms with E-state index in [2.05, 4.69) is 15.9 Å². The molecule has 6 aromatic rings. The fourth-order valence-corrected chi connectivity index (χ4v) is 4.05. The van der Waals surface area contributed by atoms with E-state index >= 15 is 0 Å². The smallest absolute Gasteiger partial charge is 0.135 e. The number of hydrogen-bond acceptors (Lipinski definition) is 1. The third-order valence-electron chi connectivity index (χ3n) is 5.25. The van der Waals surface area contributed by atoms with Gasteiger partial charge in [-0.1, -0.05) is 82.5 Å². The molecular weight excluding hydrogens is 432 g/mol. The molecule has 5 aromatic carbocycles. The predicted octanol–water partition coefficient (Wildman–Crippen LogP) is 8.84. The van der Waals surface area contributed by atoms with Crippen LogP contribution < -0.4 is 0 Å². The maximum Gasteiger partial charge on any atom is 0.135 e. The van der Waals surface area contributed by atoms with Crippen LogP contribution in [0.4, 0.5) is 0 Å². The molecule has 30 heavy (non-hydrogen) atoms. The Hall–Kier alpha value is -3.36. The van der Waals surface area contributed by atoms with Crippen molar-refractivity contribution >= 4 is 48.6 Å². The summed E-state index contributed by atoms with van der Waals surface area (Å²) in [6.07, 6.45) is 0. The van der Waals surface area contributed by atoms with Crippen LogP contribution in [0.2, 0.25) is 0 Å². The molecule has 0 aliphatic carbocycles. The van der Waals surface area contributed by atoms with E-state index in [0.717, 1.165) is 26.4 Å². The van der Waals surface area contributed by atoms with E-state index in [4.69, 9.17) is 14.0 Å². The van der Waals surface area contributed by atoms with Gasteiger partial charge >= 0.3 is 0 Å². The molecule has 0 saturated heterocycles. The maximum atomic E-state index is 8.66. The first kappa shape index (κ1) is 11.7. The minimum Gasteiger partial charge on any atom is -0.456 e. The first-order valence-corrected chi connectivity index (χ1v) is 10.2. The SMILES string of the molecule is [2H]c1c([2H])c([2H])c2c(-c3ccc4oc5ccc(-c6ccc(Br)cc6)cc5c4c3)c([2H])c([2H])c([2H])c2c1[2H]. The van der Waals surface area contributed by atoms with Crippen LogP contribution in [0, 0.1) is 0 Å². The highest BCUT2D eigenvalue weighted by molar-refractivity contribution is 9.10. The highest BCUT2D eigenvalue weighted by Crippen LogP contribution is 2.36. The summed E-state index contributed by atoms with van der Waals surface area (Å²) in [5.74, 6) is 0. The maximum absolute atomic E-state index is 8.66. The summed E-state index contributed by atoms with van der Waals surface area (Å²) in [6, 6.07) is 16.6. The molecule has 1 aromatic heterocycles. The van der Waals surface area contributed by atoms with Crippen molar-refractivity contribution in [2.75, 3.05) is 0 Å². The van der Waals surface area contributed by atoms with Crippen molar-refractivity contribution in [2.45, 2.75) is 0 Å². The molecule has 0 radical (unpaired) electrons. The van der Waals surface area contributed by atoms with E-state index < -0.39 is 12.1 Å². The van der Waals surface area contributed by atoms with Crippen molar-refractivity contribution in [3.8, 4) is 22.3 Å². The molecule has 0 N–H and O–H groups in total. The van der Waals surface area contributed by atoms with E-state index in [1.165, 1.54) is 0 Å². The summed E-state index contributed by atoms with van der Waals surface area (Å²) in [6.45, 7) is 0. The van der Waals surface area contributed by atoms with Crippen molar-refractivity contribution in [1.82, 2.24) is 0 Å². The van der Waals surface area contributed by atoms with Crippen LogP contribution in [0.25, 0.3) is 55.0 Å². The van der Waals surface area contributed by atoms with Gasteiger partial charge in [-0.15, -0.1) is 0 Å². The van der Waals surface area contributed by atoms with Crippen molar-refractivity contribution in [3.63, 3.8) is 0 Å². The van der Waals surface area contributed by atoms with E-state index in [9.17, 15) is 0 Å². The third kappa shape index (κ3) is 2.84. The normalized spacial score (nSPS) is 14.8. The van der Waals surface area contributed by atoms with Gasteiger partial charge in [-0.05, 0) is 69.4 Å². The molecule has 0 fully saturated rings. The molecular formula is C28H17BrO. The summed E-state index contributed by atoms with van der Waals surface area (Å²) in [7, 11) is 0. The Morgan fingerprint density at radius 1 is 0.600 bits per heavy atom. The number of benzene rings is 5. The van der Waals surface area contributed by atoms with Gasteiger partial charge in [-0.2, -0.15) is 0 Å². The van der Waals surface area contributed by atoms with Gasteiger partial charge in [0.25, 0.3) is 0 Å². The Labute approximate surface area is 192 Å². The summed E-state index contributed by atoms with van der Waals surface area (Å²) in [5, 5.41) is 1.65. The monoisotopic (exact) mass is 455 g/mol. The average Bonchev–Trinajstić information content (AvgIpc) is 3.27. The van der Waals surface area contributed by atoms with Gasteiger partial charge < -0.3 is 4.42 Å². The lowest BCUT2D eigenvalue weighted by Gasteiger charge is -2.07. The van der Waals surface area contributed by atoms with Crippen LogP contribution in [0.5, 0.6) is 0 Å². The molecule has 1 nitrogen and oxygen atoms in total. The van der Waals surface area contributed by atoms with Gasteiger partial charge in [-0.3, -0.25) is 0 Å². The van der Waals surface area contributed by atoms with E-state index in [1.54, 1.807) is 12.1 Å². The highest BCUT2D eigenvalue weighted by atomic mass is 79.9. The predicted molar refractivity (Wildman–Crippen MR) is 130 cm³/mol. The molecule has 0 unspecified atom stereocenters. The molecule has 2 heteroatoms. The van der Waals surface area contributed by atoms with Crippen LogP contribution in [-0.4, -0.2) is 0 Å². The second-order valence-corrected chi connectivity index (χ2v) is 7.95. The van der Waals surface area contributed by atoms with Crippen LogP contribution in [-0.2, 0) is 0 Å². The largest absolute Gasteiger partial charge is 0.456 e. The average molecular weight is 456 g/mol. The van der Waals surface area contributed by atoms with Crippen LogP contribution in [0.1, 0.15) is 9.60 Å². The third-order valence-corrected chi connectivity index (χ3v) is 5.78. The summed E-state index contributed by atoms with van der Waals surface area (Å²) in [5.41, 5.74) is 4.07. The lowest BCUT2D eigenvalue weighted by molar-refractivity contribution is 0.669. The first-order valence-electron chi connectivity index (χ1n) is 12.9. The van der Waals surface area contributed by atoms with Crippen LogP contribution >= 0.6 is 15.9 Å². The fourth-order valence-electron chi connectivity index (χ4n) is 3.78. The standard InChI is InChI=1S/C28H17BrO/c29-22-12-8-18(9-13-22)20-10-14-27-25(16-20)26-17-21(11-15-28(26)30-27)24-7-3-5-19-4-1-2-6-23(19)24/h1-17H/i1D,2D,3D,4D,5D,6D,7D. The number of halogens is 1. The molecule has 0 amide bonds. The summed E-state index contributed by atoms with van der Waals surface area (Å²) >= 11 is 3.46. The second-order valence-electron chi connectivity index (χ2n) is 7.03. The lowest BCUT2D eigenvalue weighted by atomic mass is 9.96. The molecule has 0 bridgehead atoms. The van der Waals surface area contributed by atoms with Gasteiger partial charge in [0.05, 0.1) is 9.60 Å². The zero-order valence-electron chi connectivity index (χ0n) is 22.6. The minimum atomic E-state index is -0.467. The van der Waals surface area contributed by atoms with Crippen molar-refractivity contribution in [2.24, 2.45) is 0 Å². The molecule has 142 valence electrons. The molecule has 0 saturated carbocycles. The Bertz CT molecular complexity index is 1900. The molecule has 1 heterocycles. The van der Waals surface area contributed by atoms with Crippen molar-refractivity contribution < 1.29 is 14.0 Å². The fraction of sp³-hybridized carbons (Fsp3) is 0. The van der Waals surface area contributed by atoms with Gasteiger partial charge in [-0.25, -0.2) is 0 Å². The summed E-state index contributed by atoms with van der Waals surface area (Å²) in [4.78, 5) is 0. The molecule has 0 aliphatic rings. The second kappa shape index (κ2) is 6.86. The number of rotatable bonds is 2. The Kier molecular flexibility index (Phi) is 2.68. The number of fused-ring (bicyclic) bond motifs is 4. The first-order chi connectivity index (χ1) is 17.7. The number of hydrogen-bond donors (Lipinski definition) is 0. The van der Waals surface area contributed by atoms with E-state index in [1.807, 2.05) is 48.5 Å². The molecule has 0 atom stereocenters. The van der Waals surface area contributed by atoms with Gasteiger partial charge in [0.2, 0.25) is 0 Å². The zero-order valence-corrected chi connectivity index (χ0v) is 17.1.